The summed E-state index contributed by atoms with van der Waals surface area (Å²) in [6.07, 6.45) is -0.326. The number of anilines is 2. The van der Waals surface area contributed by atoms with E-state index in [0.29, 0.717) is 30.3 Å². The summed E-state index contributed by atoms with van der Waals surface area (Å²) in [4.78, 5) is 27.0. The van der Waals surface area contributed by atoms with Crippen LogP contribution in [0.15, 0.2) is 18.2 Å². The molecule has 0 aromatic heterocycles. The number of ether oxygens (including phenoxy) is 1. The monoisotopic (exact) mass is 383 g/mol. The largest absolute Gasteiger partial charge is 0.480 e. The fourth-order valence-corrected chi connectivity index (χ4v) is 3.20. The molecule has 2 rings (SSSR count). The van der Waals surface area contributed by atoms with Gasteiger partial charge < -0.3 is 25.0 Å². The molecule has 1 aliphatic heterocycles. The van der Waals surface area contributed by atoms with Crippen LogP contribution < -0.4 is 10.2 Å². The zero-order valence-corrected chi connectivity index (χ0v) is 16.3. The molecule has 0 bridgehead atoms. The van der Waals surface area contributed by atoms with Gasteiger partial charge in [0.05, 0.1) is 16.4 Å². The van der Waals surface area contributed by atoms with Gasteiger partial charge in [0.2, 0.25) is 0 Å². The molecule has 7 nitrogen and oxygen atoms in total. The van der Waals surface area contributed by atoms with Crippen molar-refractivity contribution >= 4 is 35.0 Å². The average molecular weight is 384 g/mol. The fraction of sp³-hybridized carbons (Fsp3) is 0.556. The van der Waals surface area contributed by atoms with E-state index in [1.165, 1.54) is 0 Å². The van der Waals surface area contributed by atoms with E-state index >= 15 is 0 Å². The number of carbonyl (C=O) groups is 2. The second-order valence-corrected chi connectivity index (χ2v) is 7.76. The number of carboxylic acid groups (broad SMARTS) is 1. The molecule has 1 heterocycles. The number of piperazine rings is 1. The molecule has 1 aromatic carbocycles. The van der Waals surface area contributed by atoms with Gasteiger partial charge in [0.1, 0.15) is 12.1 Å². The van der Waals surface area contributed by atoms with Crippen molar-refractivity contribution in [2.75, 3.05) is 36.4 Å². The van der Waals surface area contributed by atoms with Crippen LogP contribution in [-0.2, 0) is 9.53 Å². The number of carbonyl (C=O) groups excluding carboxylic acids is 1. The quantitative estimate of drug-likeness (QED) is 0.830. The summed E-state index contributed by atoms with van der Waals surface area (Å²) in [6, 6.07) is 5.28. The number of para-hydroxylation sites is 1. The molecule has 0 spiro atoms. The zero-order chi connectivity index (χ0) is 19.5. The summed E-state index contributed by atoms with van der Waals surface area (Å²) in [6.45, 7) is 8.94. The molecule has 0 aliphatic carbocycles. The standard InChI is InChI=1S/C18H26ClN3O4/c1-12-11-21(8-9-22(12)17(25)26-18(2,3)4)16-13(19)6-5-7-14(16)20-10-15(23)24/h5-7,12,20H,8-11H2,1-4H3,(H,23,24). The molecular formula is C18H26ClN3O4. The van der Waals surface area contributed by atoms with E-state index in [9.17, 15) is 9.59 Å². The predicted octanol–water partition coefficient (Wildman–Crippen LogP) is 3.28. The normalized spacial score (nSPS) is 17.8. The van der Waals surface area contributed by atoms with Gasteiger partial charge >= 0.3 is 12.1 Å². The summed E-state index contributed by atoms with van der Waals surface area (Å²) < 4.78 is 5.47. The maximum absolute atomic E-state index is 12.4. The van der Waals surface area contributed by atoms with Crippen LogP contribution in [-0.4, -0.2) is 59.9 Å². The van der Waals surface area contributed by atoms with Crippen LogP contribution in [0.1, 0.15) is 27.7 Å². The van der Waals surface area contributed by atoms with Crippen LogP contribution >= 0.6 is 11.6 Å². The molecule has 1 aliphatic rings. The summed E-state index contributed by atoms with van der Waals surface area (Å²) in [7, 11) is 0. The number of amides is 1. The Morgan fingerprint density at radius 3 is 2.62 bits per heavy atom. The topological polar surface area (TPSA) is 82.1 Å². The van der Waals surface area contributed by atoms with Crippen LogP contribution in [0.25, 0.3) is 0 Å². The highest BCUT2D eigenvalue weighted by Crippen LogP contribution is 2.35. The first kappa shape index (κ1) is 20.2. The number of nitrogens with one attached hydrogen (secondary N) is 1. The number of halogens is 1. The Morgan fingerprint density at radius 2 is 2.04 bits per heavy atom. The van der Waals surface area contributed by atoms with Crippen molar-refractivity contribution < 1.29 is 19.4 Å². The Balaban J connectivity index is 2.13. The maximum Gasteiger partial charge on any atom is 0.410 e. The minimum absolute atomic E-state index is 0.0674. The second-order valence-electron chi connectivity index (χ2n) is 7.35. The molecule has 1 fully saturated rings. The van der Waals surface area contributed by atoms with Gasteiger partial charge in [-0.1, -0.05) is 17.7 Å². The highest BCUT2D eigenvalue weighted by Gasteiger charge is 2.32. The van der Waals surface area contributed by atoms with Crippen LogP contribution in [0.3, 0.4) is 0 Å². The molecule has 1 amide bonds. The van der Waals surface area contributed by atoms with Crippen molar-refractivity contribution in [1.29, 1.82) is 0 Å². The fourth-order valence-electron chi connectivity index (χ4n) is 2.90. The molecule has 1 saturated heterocycles. The third kappa shape index (κ3) is 5.17. The van der Waals surface area contributed by atoms with Gasteiger partial charge in [0, 0.05) is 25.7 Å². The Morgan fingerprint density at radius 1 is 1.35 bits per heavy atom. The second kappa shape index (κ2) is 8.03. The highest BCUT2D eigenvalue weighted by atomic mass is 35.5. The number of nitrogens with zero attached hydrogens (tertiary/aromatic N) is 2. The summed E-state index contributed by atoms with van der Waals surface area (Å²) >= 11 is 6.38. The summed E-state index contributed by atoms with van der Waals surface area (Å²) in [5.74, 6) is -0.945. The molecule has 1 aromatic rings. The maximum atomic E-state index is 12.4. The van der Waals surface area contributed by atoms with Crippen molar-refractivity contribution in [3.63, 3.8) is 0 Å². The molecule has 0 radical (unpaired) electrons. The predicted molar refractivity (Wildman–Crippen MR) is 102 cm³/mol. The first-order valence-corrected chi connectivity index (χ1v) is 8.95. The number of hydrogen-bond acceptors (Lipinski definition) is 5. The molecule has 0 saturated carbocycles. The molecule has 144 valence electrons. The van der Waals surface area contributed by atoms with Crippen molar-refractivity contribution in [2.45, 2.75) is 39.3 Å². The van der Waals surface area contributed by atoms with Gasteiger partial charge in [0.15, 0.2) is 0 Å². The molecule has 1 unspecified atom stereocenters. The van der Waals surface area contributed by atoms with Crippen molar-refractivity contribution in [3.05, 3.63) is 23.2 Å². The van der Waals surface area contributed by atoms with E-state index < -0.39 is 11.6 Å². The molecule has 1 atom stereocenters. The first-order valence-electron chi connectivity index (χ1n) is 8.57. The molecular weight excluding hydrogens is 358 g/mol. The smallest absolute Gasteiger partial charge is 0.410 e. The lowest BCUT2D eigenvalue weighted by Crippen LogP contribution is -2.55. The van der Waals surface area contributed by atoms with Crippen LogP contribution in [0.5, 0.6) is 0 Å². The van der Waals surface area contributed by atoms with E-state index in [1.807, 2.05) is 27.7 Å². The Labute approximate surface area is 158 Å². The van der Waals surface area contributed by atoms with Gasteiger partial charge in [-0.2, -0.15) is 0 Å². The van der Waals surface area contributed by atoms with Crippen molar-refractivity contribution in [1.82, 2.24) is 4.90 Å². The lowest BCUT2D eigenvalue weighted by atomic mass is 10.1. The minimum atomic E-state index is -0.945. The molecule has 8 heteroatoms. The van der Waals surface area contributed by atoms with Gasteiger partial charge in [-0.3, -0.25) is 4.79 Å². The number of carboxylic acids is 1. The summed E-state index contributed by atoms with van der Waals surface area (Å²) in [5.41, 5.74) is 0.883. The van der Waals surface area contributed by atoms with E-state index in [2.05, 4.69) is 10.2 Å². The Bertz CT molecular complexity index is 675. The SMILES string of the molecule is CC1CN(c2c(Cl)cccc2NCC(=O)O)CCN1C(=O)OC(C)(C)C. The van der Waals surface area contributed by atoms with Crippen molar-refractivity contribution in [2.24, 2.45) is 0 Å². The average Bonchev–Trinajstić information content (AvgIpc) is 2.51. The van der Waals surface area contributed by atoms with Gasteiger partial charge in [-0.15, -0.1) is 0 Å². The number of aliphatic carboxylic acids is 1. The van der Waals surface area contributed by atoms with Crippen LogP contribution in [0.2, 0.25) is 5.02 Å². The van der Waals surface area contributed by atoms with Gasteiger partial charge in [-0.25, -0.2) is 4.79 Å². The lowest BCUT2D eigenvalue weighted by Gasteiger charge is -2.42. The van der Waals surface area contributed by atoms with E-state index in [0.717, 1.165) is 5.69 Å². The first-order chi connectivity index (χ1) is 12.1. The third-order valence-electron chi connectivity index (χ3n) is 3.99. The van der Waals surface area contributed by atoms with Crippen LogP contribution in [0.4, 0.5) is 16.2 Å². The van der Waals surface area contributed by atoms with Gasteiger partial charge in [0.25, 0.3) is 0 Å². The lowest BCUT2D eigenvalue weighted by molar-refractivity contribution is -0.134. The van der Waals surface area contributed by atoms with E-state index in [1.54, 1.807) is 23.1 Å². The number of rotatable bonds is 4. The zero-order valence-electron chi connectivity index (χ0n) is 15.6. The molecule has 2 N–H and O–H groups in total. The van der Waals surface area contributed by atoms with E-state index in [4.69, 9.17) is 21.4 Å². The number of benzene rings is 1. The Kier molecular flexibility index (Phi) is 6.23. The third-order valence-corrected chi connectivity index (χ3v) is 4.29. The molecule has 26 heavy (non-hydrogen) atoms. The highest BCUT2D eigenvalue weighted by molar-refractivity contribution is 6.34. The summed E-state index contributed by atoms with van der Waals surface area (Å²) in [5, 5.41) is 12.3. The Hall–Kier alpha value is -2.15. The number of hydrogen-bond donors (Lipinski definition) is 2. The minimum Gasteiger partial charge on any atom is -0.480 e. The van der Waals surface area contributed by atoms with Gasteiger partial charge in [-0.05, 0) is 39.8 Å². The van der Waals surface area contributed by atoms with Crippen LogP contribution in [0, 0.1) is 0 Å². The van der Waals surface area contributed by atoms with E-state index in [-0.39, 0.29) is 18.7 Å². The van der Waals surface area contributed by atoms with Crippen molar-refractivity contribution in [3.8, 4) is 0 Å².